The van der Waals surface area contributed by atoms with Crippen molar-refractivity contribution in [3.8, 4) is 0 Å². The Kier molecular flexibility index (Phi) is 6.65. The van der Waals surface area contributed by atoms with Crippen molar-refractivity contribution in [3.63, 3.8) is 0 Å². The molecule has 146 valence electrons. The maximum atomic E-state index is 12.2. The second-order valence-electron chi connectivity index (χ2n) is 7.12. The van der Waals surface area contributed by atoms with E-state index in [1.54, 1.807) is 19.1 Å². The number of Topliss-reactive ketones (excluding diaryl/α,β-unsaturated/α-hetero) is 1. The van der Waals surface area contributed by atoms with Crippen molar-refractivity contribution in [1.29, 1.82) is 0 Å². The number of ether oxygens (including phenoxy) is 1. The molecule has 0 unspecified atom stereocenters. The number of rotatable bonds is 7. The van der Waals surface area contributed by atoms with Gasteiger partial charge in [-0.2, -0.15) is 0 Å². The van der Waals surface area contributed by atoms with Gasteiger partial charge in [-0.1, -0.05) is 24.6 Å². The van der Waals surface area contributed by atoms with Crippen LogP contribution in [0.4, 0.5) is 5.69 Å². The highest BCUT2D eigenvalue weighted by atomic mass is 16.6. The van der Waals surface area contributed by atoms with Crippen LogP contribution in [0.1, 0.15) is 32.3 Å². The van der Waals surface area contributed by atoms with Gasteiger partial charge in [0.1, 0.15) is 5.78 Å². The molecule has 1 aromatic rings. The van der Waals surface area contributed by atoms with Gasteiger partial charge in [0, 0.05) is 28.9 Å². The minimum absolute atomic E-state index is 0.150. The first-order valence-electron chi connectivity index (χ1n) is 8.89. The summed E-state index contributed by atoms with van der Waals surface area (Å²) < 4.78 is 5.13. The Morgan fingerprint density at radius 3 is 2.56 bits per heavy atom. The van der Waals surface area contributed by atoms with Crippen molar-refractivity contribution in [1.82, 2.24) is 0 Å². The van der Waals surface area contributed by atoms with Crippen LogP contribution in [0, 0.1) is 34.8 Å². The first kappa shape index (κ1) is 20.5. The number of carbonyl (C=O) groups is 3. The van der Waals surface area contributed by atoms with Gasteiger partial charge in [-0.25, -0.2) is 0 Å². The van der Waals surface area contributed by atoms with Gasteiger partial charge in [0.15, 0.2) is 6.10 Å². The fourth-order valence-corrected chi connectivity index (χ4v) is 3.36. The van der Waals surface area contributed by atoms with Crippen LogP contribution in [0.5, 0.6) is 0 Å². The summed E-state index contributed by atoms with van der Waals surface area (Å²) in [6, 6.07) is 7.16. The fraction of sp³-hybridized carbons (Fsp3) is 0.526. The molecule has 8 heteroatoms. The SMILES string of the molecule is Cc1ccc(NC(=O)[C@H](C)OC(=O)C[C@H]2C(=O)C[C@@H](C)[C@H]2C[N+](=O)[O-])cc1. The van der Waals surface area contributed by atoms with Gasteiger partial charge in [-0.3, -0.25) is 24.5 Å². The minimum atomic E-state index is -1.04. The van der Waals surface area contributed by atoms with Crippen LogP contribution in [-0.4, -0.2) is 35.2 Å². The average molecular weight is 376 g/mol. The number of ketones is 1. The molecule has 1 fully saturated rings. The number of anilines is 1. The standard InChI is InChI=1S/C19H24N2O6/c1-11-4-6-14(7-5-11)20-19(24)13(3)27-18(23)9-15-16(10-21(25)26)12(2)8-17(15)22/h4-7,12-13,15-16H,8-10H2,1-3H3,(H,20,24)/t12-,13+,15-,16-/m1/s1. The third-order valence-corrected chi connectivity index (χ3v) is 4.93. The van der Waals surface area contributed by atoms with Crippen LogP contribution < -0.4 is 5.32 Å². The van der Waals surface area contributed by atoms with E-state index in [-0.39, 0.29) is 31.1 Å². The first-order valence-corrected chi connectivity index (χ1v) is 8.89. The Labute approximate surface area is 157 Å². The number of nitrogens with one attached hydrogen (secondary N) is 1. The van der Waals surface area contributed by atoms with Gasteiger partial charge in [-0.15, -0.1) is 0 Å². The molecule has 1 aliphatic carbocycles. The maximum Gasteiger partial charge on any atom is 0.307 e. The predicted octanol–water partition coefficient (Wildman–Crippen LogP) is 2.37. The van der Waals surface area contributed by atoms with Crippen molar-refractivity contribution in [2.45, 2.75) is 39.7 Å². The second-order valence-corrected chi connectivity index (χ2v) is 7.12. The third kappa shape index (κ3) is 5.60. The van der Waals surface area contributed by atoms with E-state index >= 15 is 0 Å². The summed E-state index contributed by atoms with van der Waals surface area (Å²) in [6.07, 6.45) is -1.06. The average Bonchev–Trinajstić information content (AvgIpc) is 2.83. The molecule has 0 radical (unpaired) electrons. The lowest BCUT2D eigenvalue weighted by Crippen LogP contribution is -2.32. The minimum Gasteiger partial charge on any atom is -0.453 e. The highest BCUT2D eigenvalue weighted by Gasteiger charge is 2.44. The van der Waals surface area contributed by atoms with E-state index < -0.39 is 34.7 Å². The highest BCUT2D eigenvalue weighted by Crippen LogP contribution is 2.36. The number of nitrogens with zero attached hydrogens (tertiary/aromatic N) is 1. The van der Waals surface area contributed by atoms with Crippen LogP contribution in [0.2, 0.25) is 0 Å². The van der Waals surface area contributed by atoms with Gasteiger partial charge in [-0.05, 0) is 31.9 Å². The Bertz CT molecular complexity index is 730. The summed E-state index contributed by atoms with van der Waals surface area (Å²) in [5, 5.41) is 13.5. The molecular formula is C19H24N2O6. The number of aryl methyl sites for hydroxylation is 1. The number of benzene rings is 1. The molecule has 0 aromatic heterocycles. The quantitative estimate of drug-likeness (QED) is 0.444. The molecule has 1 N–H and O–H groups in total. The van der Waals surface area contributed by atoms with Gasteiger partial charge in [0.05, 0.1) is 6.42 Å². The summed E-state index contributed by atoms with van der Waals surface area (Å²) in [4.78, 5) is 46.8. The van der Waals surface area contributed by atoms with Crippen molar-refractivity contribution < 1.29 is 24.0 Å². The summed E-state index contributed by atoms with van der Waals surface area (Å²) in [5.41, 5.74) is 1.63. The van der Waals surface area contributed by atoms with E-state index in [2.05, 4.69) is 5.32 Å². The van der Waals surface area contributed by atoms with Crippen molar-refractivity contribution >= 4 is 23.3 Å². The molecular weight excluding hydrogens is 352 g/mol. The van der Waals surface area contributed by atoms with E-state index in [0.29, 0.717) is 5.69 Å². The number of amides is 1. The predicted molar refractivity (Wildman–Crippen MR) is 97.6 cm³/mol. The molecule has 27 heavy (non-hydrogen) atoms. The summed E-state index contributed by atoms with van der Waals surface area (Å²) >= 11 is 0. The van der Waals surface area contributed by atoms with E-state index in [0.717, 1.165) is 5.56 Å². The van der Waals surface area contributed by atoms with Crippen LogP contribution in [0.3, 0.4) is 0 Å². The summed E-state index contributed by atoms with van der Waals surface area (Å²) in [7, 11) is 0. The van der Waals surface area contributed by atoms with Gasteiger partial charge in [0.2, 0.25) is 6.54 Å². The van der Waals surface area contributed by atoms with Crippen LogP contribution in [0.25, 0.3) is 0 Å². The Balaban J connectivity index is 1.91. The van der Waals surface area contributed by atoms with Crippen LogP contribution in [-0.2, 0) is 19.1 Å². The molecule has 1 amide bonds. The molecule has 8 nitrogen and oxygen atoms in total. The number of esters is 1. The van der Waals surface area contributed by atoms with Crippen LogP contribution in [0.15, 0.2) is 24.3 Å². The van der Waals surface area contributed by atoms with Crippen molar-refractivity contribution in [2.24, 2.45) is 17.8 Å². The molecule has 0 aliphatic heterocycles. The van der Waals surface area contributed by atoms with Crippen LogP contribution >= 0.6 is 0 Å². The second kappa shape index (κ2) is 8.75. The zero-order chi connectivity index (χ0) is 20.1. The molecule has 4 atom stereocenters. The Morgan fingerprint density at radius 2 is 1.96 bits per heavy atom. The Morgan fingerprint density at radius 1 is 1.33 bits per heavy atom. The van der Waals surface area contributed by atoms with E-state index in [9.17, 15) is 24.5 Å². The van der Waals surface area contributed by atoms with E-state index in [1.165, 1.54) is 6.92 Å². The topological polar surface area (TPSA) is 116 Å². The number of hydrogen-bond acceptors (Lipinski definition) is 6. The zero-order valence-electron chi connectivity index (χ0n) is 15.6. The lowest BCUT2D eigenvalue weighted by atomic mass is 9.88. The highest BCUT2D eigenvalue weighted by molar-refractivity contribution is 5.95. The number of carbonyl (C=O) groups excluding carboxylic acids is 3. The lowest BCUT2D eigenvalue weighted by Gasteiger charge is -2.18. The molecule has 0 heterocycles. The molecule has 1 saturated carbocycles. The molecule has 0 saturated heterocycles. The van der Waals surface area contributed by atoms with Gasteiger partial charge in [0.25, 0.3) is 5.91 Å². The maximum absolute atomic E-state index is 12.2. The fourth-order valence-electron chi connectivity index (χ4n) is 3.36. The first-order chi connectivity index (χ1) is 12.7. The van der Waals surface area contributed by atoms with Crippen molar-refractivity contribution in [3.05, 3.63) is 39.9 Å². The summed E-state index contributed by atoms with van der Waals surface area (Å²) in [5.74, 6) is -2.73. The molecule has 1 aromatic carbocycles. The third-order valence-electron chi connectivity index (χ3n) is 4.93. The van der Waals surface area contributed by atoms with E-state index in [1.807, 2.05) is 19.1 Å². The number of hydrogen-bond donors (Lipinski definition) is 1. The molecule has 1 aliphatic rings. The molecule has 2 rings (SSSR count). The smallest absolute Gasteiger partial charge is 0.307 e. The monoisotopic (exact) mass is 376 g/mol. The van der Waals surface area contributed by atoms with E-state index in [4.69, 9.17) is 4.74 Å². The normalized spacial score (nSPS) is 22.9. The Hall–Kier alpha value is -2.77. The summed E-state index contributed by atoms with van der Waals surface area (Å²) in [6.45, 7) is 4.78. The number of nitro groups is 1. The largest absolute Gasteiger partial charge is 0.453 e. The van der Waals surface area contributed by atoms with Gasteiger partial charge >= 0.3 is 5.97 Å². The zero-order valence-corrected chi connectivity index (χ0v) is 15.6. The van der Waals surface area contributed by atoms with Gasteiger partial charge < -0.3 is 10.1 Å². The van der Waals surface area contributed by atoms with Crippen molar-refractivity contribution in [2.75, 3.05) is 11.9 Å². The molecule has 0 bridgehead atoms. The molecule has 0 spiro atoms. The lowest BCUT2D eigenvalue weighted by molar-refractivity contribution is -0.490.